The number of aliphatic hydroxyl groups is 5. The summed E-state index contributed by atoms with van der Waals surface area (Å²) in [6.45, 7) is 3.78. The first-order valence-corrected chi connectivity index (χ1v) is 39.1. The van der Waals surface area contributed by atoms with E-state index in [0.29, 0.717) is 12.8 Å². The van der Waals surface area contributed by atoms with Crippen molar-refractivity contribution in [1.29, 1.82) is 0 Å². The molecule has 1 aliphatic rings. The number of nitrogens with one attached hydrogen (secondary N) is 1. The number of carbonyl (C=O) groups excluding carboxylic acids is 1. The molecular formula is C81H149NO8. The lowest BCUT2D eigenvalue weighted by Crippen LogP contribution is -2.60. The molecule has 6 N–H and O–H groups in total. The van der Waals surface area contributed by atoms with Crippen molar-refractivity contribution >= 4 is 5.91 Å². The molecule has 0 saturated carbocycles. The average molecular weight is 1270 g/mol. The largest absolute Gasteiger partial charge is 0.394 e. The molecule has 0 aromatic carbocycles. The second kappa shape index (κ2) is 69.5. The predicted molar refractivity (Wildman–Crippen MR) is 387 cm³/mol. The molecule has 0 aromatic rings. The number of carbonyl (C=O) groups is 1. The molecule has 9 heteroatoms. The monoisotopic (exact) mass is 1260 g/mol. The Kier molecular flexibility index (Phi) is 66.1. The lowest BCUT2D eigenvalue weighted by molar-refractivity contribution is -0.302. The number of hydrogen-bond acceptors (Lipinski definition) is 8. The molecule has 1 rings (SSSR count). The van der Waals surface area contributed by atoms with Crippen molar-refractivity contribution in [3.63, 3.8) is 0 Å². The van der Waals surface area contributed by atoms with Gasteiger partial charge in [-0.1, -0.05) is 382 Å². The zero-order valence-electron chi connectivity index (χ0n) is 59.1. The number of unbranched alkanes of at least 4 members (excludes halogenated alkanes) is 47. The third kappa shape index (κ3) is 57.1. The molecule has 0 aliphatic carbocycles. The molecule has 1 fully saturated rings. The van der Waals surface area contributed by atoms with Crippen LogP contribution in [0.3, 0.4) is 0 Å². The summed E-state index contributed by atoms with van der Waals surface area (Å²) in [5.74, 6) is -0.137. The van der Waals surface area contributed by atoms with E-state index in [9.17, 15) is 30.3 Å². The van der Waals surface area contributed by atoms with Crippen LogP contribution >= 0.6 is 0 Å². The van der Waals surface area contributed by atoms with Crippen LogP contribution in [-0.2, 0) is 14.3 Å². The second-order valence-electron chi connectivity index (χ2n) is 27.1. The van der Waals surface area contributed by atoms with Gasteiger partial charge >= 0.3 is 0 Å². The summed E-state index contributed by atoms with van der Waals surface area (Å²) >= 11 is 0. The Hall–Kier alpha value is -2.37. The Labute approximate surface area is 557 Å². The third-order valence-electron chi connectivity index (χ3n) is 18.6. The van der Waals surface area contributed by atoms with Crippen LogP contribution in [0, 0.1) is 0 Å². The fourth-order valence-corrected chi connectivity index (χ4v) is 12.5. The van der Waals surface area contributed by atoms with Gasteiger partial charge in [0.2, 0.25) is 5.91 Å². The molecule has 9 nitrogen and oxygen atoms in total. The van der Waals surface area contributed by atoms with E-state index in [4.69, 9.17) is 9.47 Å². The summed E-state index contributed by atoms with van der Waals surface area (Å²) in [6.07, 6.45) is 91.4. The summed E-state index contributed by atoms with van der Waals surface area (Å²) in [5.41, 5.74) is 0. The van der Waals surface area contributed by atoms with Crippen molar-refractivity contribution in [3.8, 4) is 0 Å². The van der Waals surface area contributed by atoms with E-state index in [1.807, 2.05) is 0 Å². The Morgan fingerprint density at radius 1 is 0.389 bits per heavy atom. The van der Waals surface area contributed by atoms with Crippen LogP contribution in [0.2, 0.25) is 0 Å². The van der Waals surface area contributed by atoms with E-state index in [2.05, 4.69) is 92.1 Å². The summed E-state index contributed by atoms with van der Waals surface area (Å²) in [4.78, 5) is 13.2. The SMILES string of the molecule is CC/C=C\C/C=C\C/C=C\C/C=C\C/C=C\C/C=C\CCCCCCCCCCCCCCCCCCCCCCCCC(=O)NC(COC1OC(CO)C(O)C(O)C1O)C(O)CCCCCCCCCCCCCCCCCCCCCCCCCCCC. The number of rotatable bonds is 69. The molecule has 7 unspecified atom stereocenters. The highest BCUT2D eigenvalue weighted by atomic mass is 16.7. The topological polar surface area (TPSA) is 149 Å². The second-order valence-corrected chi connectivity index (χ2v) is 27.1. The van der Waals surface area contributed by atoms with Crippen molar-refractivity contribution in [1.82, 2.24) is 5.32 Å². The number of ether oxygens (including phenoxy) is 2. The van der Waals surface area contributed by atoms with Gasteiger partial charge in [-0.15, -0.1) is 0 Å². The Balaban J connectivity index is 2.04. The highest BCUT2D eigenvalue weighted by molar-refractivity contribution is 5.76. The van der Waals surface area contributed by atoms with Gasteiger partial charge in [-0.3, -0.25) is 4.79 Å². The van der Waals surface area contributed by atoms with Crippen LogP contribution in [0.15, 0.2) is 72.9 Å². The van der Waals surface area contributed by atoms with Crippen LogP contribution in [0.1, 0.15) is 380 Å². The molecule has 0 radical (unpaired) electrons. The van der Waals surface area contributed by atoms with Crippen LogP contribution in [0.25, 0.3) is 0 Å². The zero-order chi connectivity index (χ0) is 64.9. The van der Waals surface area contributed by atoms with Crippen LogP contribution in [-0.4, -0.2) is 87.5 Å². The number of hydrogen-bond donors (Lipinski definition) is 6. The highest BCUT2D eigenvalue weighted by Gasteiger charge is 2.44. The maximum atomic E-state index is 13.2. The molecule has 1 amide bonds. The van der Waals surface area contributed by atoms with E-state index < -0.39 is 49.5 Å². The Bertz CT molecular complexity index is 1660. The fourth-order valence-electron chi connectivity index (χ4n) is 12.5. The highest BCUT2D eigenvalue weighted by Crippen LogP contribution is 2.24. The minimum Gasteiger partial charge on any atom is -0.394 e. The van der Waals surface area contributed by atoms with Crippen molar-refractivity contribution in [2.24, 2.45) is 0 Å². The van der Waals surface area contributed by atoms with Gasteiger partial charge in [0.1, 0.15) is 24.4 Å². The standard InChI is InChI=1S/C81H149NO8/c1-3-5-7-9-11-13-15-17-19-21-23-25-27-29-31-32-33-34-35-36-37-38-39-40-41-42-43-44-45-47-49-51-53-55-57-59-61-63-65-67-69-71-77(85)82-74(73-89-81-80(88)79(87)78(86)76(72-83)90-81)75(84)70-68-66-64-62-60-58-56-54-52-50-48-46-30-28-26-24-22-20-18-16-14-12-10-8-6-4-2/h5,7,11,13,17,19,23,25,29,31,33-34,74-76,78-81,83-84,86-88H,3-4,6,8-10,12,14-16,18,20-22,24,26-28,30,32,35-73H2,1-2H3,(H,82,85)/b7-5-,13-11-,19-17-,25-23-,31-29-,34-33-. The maximum Gasteiger partial charge on any atom is 0.220 e. The van der Waals surface area contributed by atoms with Gasteiger partial charge in [0, 0.05) is 6.42 Å². The maximum absolute atomic E-state index is 13.2. The molecule has 90 heavy (non-hydrogen) atoms. The molecule has 7 atom stereocenters. The summed E-state index contributed by atoms with van der Waals surface area (Å²) in [5, 5.41) is 55.1. The number of aliphatic hydroxyl groups excluding tert-OH is 5. The molecule has 0 spiro atoms. The van der Waals surface area contributed by atoms with Crippen molar-refractivity contribution in [3.05, 3.63) is 72.9 Å². The molecule has 1 saturated heterocycles. The molecule has 0 bridgehead atoms. The lowest BCUT2D eigenvalue weighted by Gasteiger charge is -2.40. The summed E-state index contributed by atoms with van der Waals surface area (Å²) in [6, 6.07) is -0.721. The first-order chi connectivity index (χ1) is 44.3. The fraction of sp³-hybridized carbons (Fsp3) is 0.840. The quantitative estimate of drug-likeness (QED) is 0.0261. The van der Waals surface area contributed by atoms with Crippen molar-refractivity contribution < 1.29 is 39.8 Å². The van der Waals surface area contributed by atoms with E-state index in [-0.39, 0.29) is 12.5 Å². The van der Waals surface area contributed by atoms with E-state index in [0.717, 1.165) is 77.0 Å². The first kappa shape index (κ1) is 85.6. The van der Waals surface area contributed by atoms with Gasteiger partial charge in [0.15, 0.2) is 6.29 Å². The van der Waals surface area contributed by atoms with Gasteiger partial charge in [0.05, 0.1) is 25.4 Å². The molecule has 1 aliphatic heterocycles. The zero-order valence-corrected chi connectivity index (χ0v) is 59.1. The summed E-state index contributed by atoms with van der Waals surface area (Å²) in [7, 11) is 0. The van der Waals surface area contributed by atoms with Crippen LogP contribution < -0.4 is 5.32 Å². The van der Waals surface area contributed by atoms with Gasteiger partial charge < -0.3 is 40.3 Å². The van der Waals surface area contributed by atoms with Crippen LogP contribution in [0.5, 0.6) is 0 Å². The Morgan fingerprint density at radius 3 is 1.02 bits per heavy atom. The lowest BCUT2D eigenvalue weighted by atomic mass is 9.99. The van der Waals surface area contributed by atoms with Crippen molar-refractivity contribution in [2.75, 3.05) is 13.2 Å². The number of allylic oxidation sites excluding steroid dienone is 12. The van der Waals surface area contributed by atoms with Gasteiger partial charge in [0.25, 0.3) is 0 Å². The predicted octanol–water partition coefficient (Wildman–Crippen LogP) is 22.3. The van der Waals surface area contributed by atoms with E-state index in [1.54, 1.807) is 0 Å². The van der Waals surface area contributed by atoms with Gasteiger partial charge in [-0.25, -0.2) is 0 Å². The molecule has 526 valence electrons. The first-order valence-electron chi connectivity index (χ1n) is 39.1. The van der Waals surface area contributed by atoms with E-state index >= 15 is 0 Å². The van der Waals surface area contributed by atoms with E-state index in [1.165, 1.54) is 276 Å². The molecule has 1 heterocycles. The minimum atomic E-state index is -1.56. The molecular weight excluding hydrogens is 1110 g/mol. The van der Waals surface area contributed by atoms with Gasteiger partial charge in [-0.2, -0.15) is 0 Å². The van der Waals surface area contributed by atoms with Crippen molar-refractivity contribution in [2.45, 2.75) is 423 Å². The normalized spacial score (nSPS) is 18.1. The molecule has 0 aromatic heterocycles. The average Bonchev–Trinajstić information content (AvgIpc) is 1.28. The Morgan fingerprint density at radius 2 is 0.689 bits per heavy atom. The van der Waals surface area contributed by atoms with Gasteiger partial charge in [-0.05, 0) is 64.2 Å². The minimum absolute atomic E-state index is 0.135. The van der Waals surface area contributed by atoms with Crippen LogP contribution in [0.4, 0.5) is 0 Å². The smallest absolute Gasteiger partial charge is 0.220 e. The summed E-state index contributed by atoms with van der Waals surface area (Å²) < 4.78 is 11.4. The number of amides is 1. The third-order valence-corrected chi connectivity index (χ3v) is 18.6.